The quantitative estimate of drug-likeness (QED) is 0.805. The third-order valence-electron chi connectivity index (χ3n) is 3.13. The number of carbonyl (C=O) groups is 1. The SMILES string of the molecule is O=C1CC=CC2=C1NC(c1cccs1)CC2. The van der Waals surface area contributed by atoms with E-state index in [4.69, 9.17) is 0 Å². The third kappa shape index (κ3) is 1.61. The summed E-state index contributed by atoms with van der Waals surface area (Å²) in [5.41, 5.74) is 2.04. The highest BCUT2D eigenvalue weighted by atomic mass is 32.1. The molecule has 82 valence electrons. The van der Waals surface area contributed by atoms with E-state index in [2.05, 4.69) is 28.9 Å². The van der Waals surface area contributed by atoms with E-state index in [1.54, 1.807) is 11.3 Å². The molecule has 2 nitrogen and oxygen atoms in total. The van der Waals surface area contributed by atoms with E-state index in [1.807, 2.05) is 6.08 Å². The molecule has 3 rings (SSSR count). The second kappa shape index (κ2) is 3.91. The summed E-state index contributed by atoms with van der Waals surface area (Å²) < 4.78 is 0. The van der Waals surface area contributed by atoms with Crippen LogP contribution in [0.4, 0.5) is 0 Å². The van der Waals surface area contributed by atoms with Crippen molar-refractivity contribution in [1.82, 2.24) is 5.32 Å². The van der Waals surface area contributed by atoms with Crippen LogP contribution in [0.15, 0.2) is 40.9 Å². The molecule has 2 heterocycles. The minimum Gasteiger partial charge on any atom is -0.374 e. The Morgan fingerprint density at radius 2 is 2.38 bits per heavy atom. The Morgan fingerprint density at radius 1 is 1.44 bits per heavy atom. The third-order valence-corrected chi connectivity index (χ3v) is 4.12. The first kappa shape index (κ1) is 9.85. The zero-order chi connectivity index (χ0) is 11.0. The highest BCUT2D eigenvalue weighted by molar-refractivity contribution is 7.10. The zero-order valence-electron chi connectivity index (χ0n) is 8.90. The molecule has 0 saturated heterocycles. The topological polar surface area (TPSA) is 29.1 Å². The standard InChI is InChI=1S/C13H13NOS/c15-11-4-1-3-9-6-7-10(14-13(9)11)12-5-2-8-16-12/h1-3,5,8,10,14H,4,6-7H2. The predicted octanol–water partition coefficient (Wildman–Crippen LogP) is 2.96. The Kier molecular flexibility index (Phi) is 2.40. The van der Waals surface area contributed by atoms with Gasteiger partial charge in [-0.2, -0.15) is 0 Å². The fraction of sp³-hybridized carbons (Fsp3) is 0.308. The van der Waals surface area contributed by atoms with E-state index in [0.29, 0.717) is 12.5 Å². The molecule has 0 spiro atoms. The van der Waals surface area contributed by atoms with E-state index in [0.717, 1.165) is 18.5 Å². The molecule has 3 heteroatoms. The van der Waals surface area contributed by atoms with Gasteiger partial charge in [0.2, 0.25) is 0 Å². The van der Waals surface area contributed by atoms with Crippen molar-refractivity contribution in [2.24, 2.45) is 0 Å². The minimum atomic E-state index is 0.235. The van der Waals surface area contributed by atoms with Crippen molar-refractivity contribution in [2.45, 2.75) is 25.3 Å². The lowest BCUT2D eigenvalue weighted by Gasteiger charge is -2.28. The maximum atomic E-state index is 11.8. The summed E-state index contributed by atoms with van der Waals surface area (Å²) in [6.45, 7) is 0. The first-order valence-electron chi connectivity index (χ1n) is 5.57. The van der Waals surface area contributed by atoms with Crippen molar-refractivity contribution in [1.29, 1.82) is 0 Å². The lowest BCUT2D eigenvalue weighted by molar-refractivity contribution is -0.115. The van der Waals surface area contributed by atoms with Crippen molar-refractivity contribution in [2.75, 3.05) is 0 Å². The number of hydrogen-bond acceptors (Lipinski definition) is 3. The molecule has 1 atom stereocenters. The van der Waals surface area contributed by atoms with Gasteiger partial charge in [0.25, 0.3) is 0 Å². The summed E-state index contributed by atoms with van der Waals surface area (Å²) in [5.74, 6) is 0.235. The second-order valence-electron chi connectivity index (χ2n) is 4.18. The molecule has 16 heavy (non-hydrogen) atoms. The number of thiophene rings is 1. The van der Waals surface area contributed by atoms with Crippen LogP contribution in [-0.4, -0.2) is 5.78 Å². The number of rotatable bonds is 1. The lowest BCUT2D eigenvalue weighted by Crippen LogP contribution is -2.31. The van der Waals surface area contributed by atoms with Gasteiger partial charge in [0.05, 0.1) is 11.7 Å². The number of nitrogens with one attached hydrogen (secondary N) is 1. The summed E-state index contributed by atoms with van der Waals surface area (Å²) in [5, 5.41) is 5.48. The molecule has 0 radical (unpaired) electrons. The van der Waals surface area contributed by atoms with Gasteiger partial charge in [-0.3, -0.25) is 4.79 Å². The zero-order valence-corrected chi connectivity index (χ0v) is 9.72. The molecular weight excluding hydrogens is 218 g/mol. The number of hydrogen-bond donors (Lipinski definition) is 1. The van der Waals surface area contributed by atoms with E-state index in [1.165, 1.54) is 10.5 Å². The minimum absolute atomic E-state index is 0.235. The van der Waals surface area contributed by atoms with Crippen LogP contribution >= 0.6 is 11.3 Å². The maximum absolute atomic E-state index is 11.8. The molecule has 0 saturated carbocycles. The fourth-order valence-electron chi connectivity index (χ4n) is 2.30. The molecule has 0 aromatic carbocycles. The summed E-state index contributed by atoms with van der Waals surface area (Å²) in [6.07, 6.45) is 6.69. The first-order valence-corrected chi connectivity index (χ1v) is 6.45. The van der Waals surface area contributed by atoms with Gasteiger partial charge in [-0.15, -0.1) is 11.3 Å². The van der Waals surface area contributed by atoms with Crippen LogP contribution in [0.1, 0.15) is 30.2 Å². The Bertz CT molecular complexity index is 470. The highest BCUT2D eigenvalue weighted by Crippen LogP contribution is 2.33. The van der Waals surface area contributed by atoms with Gasteiger partial charge < -0.3 is 5.32 Å². The predicted molar refractivity (Wildman–Crippen MR) is 65.2 cm³/mol. The van der Waals surface area contributed by atoms with Gasteiger partial charge in [0.15, 0.2) is 5.78 Å². The molecule has 0 fully saturated rings. The Balaban J connectivity index is 1.88. The summed E-state index contributed by atoms with van der Waals surface area (Å²) in [7, 11) is 0. The van der Waals surface area contributed by atoms with E-state index in [9.17, 15) is 4.79 Å². The van der Waals surface area contributed by atoms with Gasteiger partial charge in [-0.1, -0.05) is 18.2 Å². The Labute approximate surface area is 98.7 Å². The highest BCUT2D eigenvalue weighted by Gasteiger charge is 2.26. The second-order valence-corrected chi connectivity index (χ2v) is 5.16. The number of carbonyl (C=O) groups excluding carboxylic acids is 1. The number of Topliss-reactive ketones (excluding diaryl/α,β-unsaturated/α-hetero) is 1. The van der Waals surface area contributed by atoms with Gasteiger partial charge in [-0.25, -0.2) is 0 Å². The fourth-order valence-corrected chi connectivity index (χ4v) is 3.12. The van der Waals surface area contributed by atoms with Crippen molar-refractivity contribution < 1.29 is 4.79 Å². The number of allylic oxidation sites excluding steroid dienone is 4. The maximum Gasteiger partial charge on any atom is 0.182 e. The summed E-state index contributed by atoms with van der Waals surface area (Å²) in [6, 6.07) is 4.53. The van der Waals surface area contributed by atoms with Crippen LogP contribution in [0.2, 0.25) is 0 Å². The molecule has 1 aromatic heterocycles. The average molecular weight is 231 g/mol. The molecule has 1 aromatic rings. The van der Waals surface area contributed by atoms with Crippen molar-refractivity contribution in [3.63, 3.8) is 0 Å². The summed E-state index contributed by atoms with van der Waals surface area (Å²) in [4.78, 5) is 13.1. The van der Waals surface area contributed by atoms with Crippen LogP contribution in [0, 0.1) is 0 Å². The van der Waals surface area contributed by atoms with Gasteiger partial charge in [0.1, 0.15) is 0 Å². The van der Waals surface area contributed by atoms with Crippen LogP contribution < -0.4 is 5.32 Å². The molecule has 0 amide bonds. The molecule has 0 bridgehead atoms. The van der Waals surface area contributed by atoms with Gasteiger partial charge >= 0.3 is 0 Å². The van der Waals surface area contributed by atoms with Crippen molar-refractivity contribution in [3.05, 3.63) is 45.8 Å². The lowest BCUT2D eigenvalue weighted by atomic mass is 9.91. The molecular formula is C13H13NOS. The summed E-state index contributed by atoms with van der Waals surface area (Å²) >= 11 is 1.76. The molecule has 1 aliphatic carbocycles. The smallest absolute Gasteiger partial charge is 0.182 e. The molecule has 1 aliphatic heterocycles. The molecule has 1 N–H and O–H groups in total. The Hall–Kier alpha value is -1.35. The van der Waals surface area contributed by atoms with Crippen molar-refractivity contribution in [3.8, 4) is 0 Å². The number of ketones is 1. The monoisotopic (exact) mass is 231 g/mol. The van der Waals surface area contributed by atoms with Crippen LogP contribution in [0.3, 0.4) is 0 Å². The van der Waals surface area contributed by atoms with E-state index < -0.39 is 0 Å². The largest absolute Gasteiger partial charge is 0.374 e. The first-order chi connectivity index (χ1) is 7.84. The normalized spacial score (nSPS) is 24.2. The molecule has 1 unspecified atom stereocenters. The van der Waals surface area contributed by atoms with E-state index in [-0.39, 0.29) is 5.78 Å². The molecule has 2 aliphatic rings. The van der Waals surface area contributed by atoms with Crippen LogP contribution in [-0.2, 0) is 4.79 Å². The Morgan fingerprint density at radius 3 is 3.19 bits per heavy atom. The van der Waals surface area contributed by atoms with Crippen LogP contribution in [0.5, 0.6) is 0 Å². The van der Waals surface area contributed by atoms with Crippen LogP contribution in [0.25, 0.3) is 0 Å². The van der Waals surface area contributed by atoms with Crippen molar-refractivity contribution >= 4 is 17.1 Å². The van der Waals surface area contributed by atoms with Gasteiger partial charge in [0, 0.05) is 11.3 Å². The average Bonchev–Trinajstić information content (AvgIpc) is 2.83. The van der Waals surface area contributed by atoms with E-state index >= 15 is 0 Å². The van der Waals surface area contributed by atoms with Gasteiger partial charge in [-0.05, 0) is 29.9 Å².